The molecule has 3 rings (SSSR count). The van der Waals surface area contributed by atoms with Gasteiger partial charge in [0.05, 0.1) is 4.90 Å². The van der Waals surface area contributed by atoms with Crippen LogP contribution >= 0.6 is 24.0 Å². The van der Waals surface area contributed by atoms with E-state index >= 15 is 0 Å². The maximum absolute atomic E-state index is 11.5. The number of pyridine rings is 1. The second-order valence-electron chi connectivity index (χ2n) is 7.71. The van der Waals surface area contributed by atoms with Gasteiger partial charge in [0, 0.05) is 44.7 Å². The molecular weight excluding hydrogens is 525 g/mol. The van der Waals surface area contributed by atoms with E-state index in [1.165, 1.54) is 6.26 Å². The van der Waals surface area contributed by atoms with E-state index in [2.05, 4.69) is 37.6 Å². The molecule has 0 aliphatic carbocycles. The van der Waals surface area contributed by atoms with Gasteiger partial charge in [0.15, 0.2) is 15.8 Å². The molecule has 0 saturated carbocycles. The van der Waals surface area contributed by atoms with Gasteiger partial charge in [0.2, 0.25) is 0 Å². The second-order valence-corrected chi connectivity index (χ2v) is 9.72. The van der Waals surface area contributed by atoms with E-state index < -0.39 is 9.84 Å². The van der Waals surface area contributed by atoms with Gasteiger partial charge in [-0.15, -0.1) is 24.0 Å². The van der Waals surface area contributed by atoms with E-state index in [1.54, 1.807) is 19.2 Å². The van der Waals surface area contributed by atoms with Gasteiger partial charge in [-0.05, 0) is 56.0 Å². The normalized spacial score (nSPS) is 15.3. The van der Waals surface area contributed by atoms with Gasteiger partial charge in [-0.3, -0.25) is 4.99 Å². The molecule has 9 heteroatoms. The van der Waals surface area contributed by atoms with Crippen LogP contribution in [0.15, 0.2) is 52.4 Å². The number of aliphatic imine (C=N–C) groups is 1. The molecule has 0 unspecified atom stereocenters. The molecule has 2 aromatic rings. The second kappa shape index (κ2) is 11.7. The number of benzene rings is 1. The van der Waals surface area contributed by atoms with Crippen molar-refractivity contribution in [1.82, 2.24) is 15.6 Å². The van der Waals surface area contributed by atoms with Crippen molar-refractivity contribution in [2.75, 3.05) is 37.8 Å². The van der Waals surface area contributed by atoms with Gasteiger partial charge in [-0.2, -0.15) is 0 Å². The van der Waals surface area contributed by atoms with E-state index in [-0.39, 0.29) is 24.0 Å². The van der Waals surface area contributed by atoms with Gasteiger partial charge in [0.25, 0.3) is 0 Å². The van der Waals surface area contributed by atoms with Crippen molar-refractivity contribution in [3.63, 3.8) is 0 Å². The van der Waals surface area contributed by atoms with Crippen LogP contribution in [0, 0.1) is 6.92 Å². The van der Waals surface area contributed by atoms with Gasteiger partial charge >= 0.3 is 0 Å². The van der Waals surface area contributed by atoms with Crippen molar-refractivity contribution < 1.29 is 8.42 Å². The summed E-state index contributed by atoms with van der Waals surface area (Å²) in [4.78, 5) is 11.6. The minimum Gasteiger partial charge on any atom is -0.356 e. The number of rotatable bonds is 6. The number of nitrogens with one attached hydrogen (secondary N) is 2. The third-order valence-corrected chi connectivity index (χ3v) is 6.44. The number of halogens is 1. The minimum atomic E-state index is -3.15. The van der Waals surface area contributed by atoms with Crippen molar-refractivity contribution >= 4 is 45.6 Å². The van der Waals surface area contributed by atoms with E-state index in [0.29, 0.717) is 10.9 Å². The van der Waals surface area contributed by atoms with E-state index in [9.17, 15) is 8.42 Å². The summed E-state index contributed by atoms with van der Waals surface area (Å²) in [5.41, 5.74) is 2.13. The first kappa shape index (κ1) is 25.4. The average Bonchev–Trinajstić information content (AvgIpc) is 2.73. The Hall–Kier alpha value is -1.88. The van der Waals surface area contributed by atoms with Gasteiger partial charge in [-0.1, -0.05) is 18.2 Å². The largest absolute Gasteiger partial charge is 0.356 e. The highest BCUT2D eigenvalue weighted by molar-refractivity contribution is 14.0. The minimum absolute atomic E-state index is 0. The van der Waals surface area contributed by atoms with Crippen LogP contribution in [0.2, 0.25) is 0 Å². The van der Waals surface area contributed by atoms with Crippen LogP contribution in [-0.2, 0) is 16.3 Å². The Bertz CT molecular complexity index is 972. The molecule has 2 N–H and O–H groups in total. The Morgan fingerprint density at radius 2 is 1.84 bits per heavy atom. The summed E-state index contributed by atoms with van der Waals surface area (Å²) in [5.74, 6) is 1.85. The van der Waals surface area contributed by atoms with Crippen molar-refractivity contribution in [2.45, 2.75) is 37.1 Å². The summed E-state index contributed by atoms with van der Waals surface area (Å²) in [5, 5.41) is 6.87. The van der Waals surface area contributed by atoms with E-state index in [0.717, 1.165) is 61.9 Å². The van der Waals surface area contributed by atoms with Crippen molar-refractivity contribution in [1.29, 1.82) is 0 Å². The Morgan fingerprint density at radius 3 is 2.42 bits per heavy atom. The summed E-state index contributed by atoms with van der Waals surface area (Å²) >= 11 is 0. The molecule has 1 fully saturated rings. The zero-order valence-electron chi connectivity index (χ0n) is 18.3. The number of anilines is 1. The van der Waals surface area contributed by atoms with Crippen LogP contribution in [-0.4, -0.2) is 58.3 Å². The number of hydrogen-bond donors (Lipinski definition) is 2. The lowest BCUT2D eigenvalue weighted by Gasteiger charge is -2.34. The van der Waals surface area contributed by atoms with Crippen LogP contribution in [0.25, 0.3) is 0 Å². The van der Waals surface area contributed by atoms with Gasteiger partial charge < -0.3 is 15.5 Å². The molecule has 0 spiro atoms. The molecule has 7 nitrogen and oxygen atoms in total. The predicted octanol–water partition coefficient (Wildman–Crippen LogP) is 2.79. The Morgan fingerprint density at radius 1 is 1.16 bits per heavy atom. The molecule has 1 saturated heterocycles. The molecule has 1 aliphatic rings. The number of nitrogens with zero attached hydrogens (tertiary/aromatic N) is 3. The van der Waals surface area contributed by atoms with Crippen molar-refractivity contribution in [3.8, 4) is 0 Å². The van der Waals surface area contributed by atoms with Crippen LogP contribution < -0.4 is 15.5 Å². The molecule has 0 amide bonds. The van der Waals surface area contributed by atoms with Crippen LogP contribution in [0.1, 0.15) is 24.1 Å². The first-order chi connectivity index (χ1) is 14.3. The lowest BCUT2D eigenvalue weighted by atomic mass is 10.1. The van der Waals surface area contributed by atoms with Crippen LogP contribution in [0.3, 0.4) is 0 Å². The van der Waals surface area contributed by atoms with Gasteiger partial charge in [-0.25, -0.2) is 13.4 Å². The van der Waals surface area contributed by atoms with Crippen molar-refractivity contribution in [3.05, 3.63) is 53.7 Å². The third kappa shape index (κ3) is 7.64. The summed E-state index contributed by atoms with van der Waals surface area (Å²) in [6, 6.07) is 13.6. The molecular formula is C22H32IN5O2S. The molecule has 0 radical (unpaired) electrons. The van der Waals surface area contributed by atoms with Gasteiger partial charge in [0.1, 0.15) is 5.82 Å². The molecule has 1 aromatic heterocycles. The number of guanidine groups is 1. The standard InChI is InChI=1S/C22H31N5O2S.HI/c1-17-5-4-6-21(25-17)27-15-12-19(13-16-27)26-22(23-2)24-14-11-18-7-9-20(10-8-18)30(3,28)29;/h4-10,19H,11-16H2,1-3H3,(H2,23,24,26);1H. The van der Waals surface area contributed by atoms with Crippen LogP contribution in [0.4, 0.5) is 5.82 Å². The molecule has 170 valence electrons. The maximum Gasteiger partial charge on any atom is 0.191 e. The Kier molecular flexibility index (Phi) is 9.54. The fraction of sp³-hybridized carbons (Fsp3) is 0.455. The fourth-order valence-corrected chi connectivity index (χ4v) is 4.20. The smallest absolute Gasteiger partial charge is 0.191 e. The summed E-state index contributed by atoms with van der Waals surface area (Å²) in [6.45, 7) is 4.69. The zero-order chi connectivity index (χ0) is 21.6. The molecule has 0 atom stereocenters. The highest BCUT2D eigenvalue weighted by atomic mass is 127. The highest BCUT2D eigenvalue weighted by Crippen LogP contribution is 2.18. The van der Waals surface area contributed by atoms with Crippen molar-refractivity contribution in [2.24, 2.45) is 4.99 Å². The van der Waals surface area contributed by atoms with E-state index in [4.69, 9.17) is 0 Å². The fourth-order valence-electron chi connectivity index (χ4n) is 3.57. The number of piperidine rings is 1. The molecule has 1 aliphatic heterocycles. The maximum atomic E-state index is 11.5. The van der Waals surface area contributed by atoms with Crippen LogP contribution in [0.5, 0.6) is 0 Å². The summed E-state index contributed by atoms with van der Waals surface area (Å²) in [7, 11) is -1.37. The first-order valence-electron chi connectivity index (χ1n) is 10.3. The molecule has 0 bridgehead atoms. The quantitative estimate of drug-likeness (QED) is 0.323. The lowest BCUT2D eigenvalue weighted by Crippen LogP contribution is -2.49. The first-order valence-corrected chi connectivity index (χ1v) is 12.2. The SMILES string of the molecule is CN=C(NCCc1ccc(S(C)(=O)=O)cc1)NC1CCN(c2cccc(C)n2)CC1.I. The Balaban J connectivity index is 0.00000341. The number of aromatic nitrogens is 1. The summed E-state index contributed by atoms with van der Waals surface area (Å²) in [6.07, 6.45) is 4.08. The third-order valence-electron chi connectivity index (χ3n) is 5.31. The monoisotopic (exact) mass is 557 g/mol. The zero-order valence-corrected chi connectivity index (χ0v) is 21.5. The number of aryl methyl sites for hydroxylation is 1. The number of hydrogen-bond acceptors (Lipinski definition) is 5. The molecule has 2 heterocycles. The van der Waals surface area contributed by atoms with E-state index in [1.807, 2.05) is 25.1 Å². The average molecular weight is 558 g/mol. The molecule has 31 heavy (non-hydrogen) atoms. The lowest BCUT2D eigenvalue weighted by molar-refractivity contribution is 0.459. The molecule has 1 aromatic carbocycles. The Labute approximate surface area is 202 Å². The topological polar surface area (TPSA) is 86.7 Å². The highest BCUT2D eigenvalue weighted by Gasteiger charge is 2.20. The number of sulfone groups is 1. The predicted molar refractivity (Wildman–Crippen MR) is 137 cm³/mol. The summed E-state index contributed by atoms with van der Waals surface area (Å²) < 4.78 is 23.1.